The smallest absolute Gasteiger partial charge is 0.330 e. The van der Waals surface area contributed by atoms with E-state index in [-0.39, 0.29) is 11.4 Å². The molecule has 0 fully saturated rings. The molecule has 0 saturated carbocycles. The molecule has 0 aliphatic carbocycles. The minimum absolute atomic E-state index is 0.0532. The monoisotopic (exact) mass is 306 g/mol. The van der Waals surface area contributed by atoms with E-state index in [1.807, 2.05) is 4.72 Å². The molecule has 0 unspecified atom stereocenters. The first-order chi connectivity index (χ1) is 9.92. The van der Waals surface area contributed by atoms with Gasteiger partial charge in [0.25, 0.3) is 0 Å². The minimum atomic E-state index is -4.18. The summed E-state index contributed by atoms with van der Waals surface area (Å²) in [7, 11) is -4.18. The van der Waals surface area contributed by atoms with E-state index in [2.05, 4.69) is 0 Å². The molecular weight excluding hydrogens is 292 g/mol. The lowest BCUT2D eigenvalue weighted by molar-refractivity contribution is -0.117. The fourth-order valence-corrected chi connectivity index (χ4v) is 3.10. The van der Waals surface area contributed by atoms with Crippen molar-refractivity contribution in [3.63, 3.8) is 0 Å². The number of anilines is 2. The Labute approximate surface area is 122 Å². The molecule has 0 aromatic heterocycles. The Morgan fingerprint density at radius 3 is 2.19 bits per heavy atom. The van der Waals surface area contributed by atoms with Crippen molar-refractivity contribution in [2.75, 3.05) is 4.31 Å². The van der Waals surface area contributed by atoms with Crippen LogP contribution in [0.25, 0.3) is 0 Å². The lowest BCUT2D eigenvalue weighted by Crippen LogP contribution is -2.40. The summed E-state index contributed by atoms with van der Waals surface area (Å²) in [6, 6.07) is 14.2. The molecule has 7 heteroatoms. The second-order valence-corrected chi connectivity index (χ2v) is 5.77. The van der Waals surface area contributed by atoms with Crippen molar-refractivity contribution in [3.05, 3.63) is 54.6 Å². The van der Waals surface area contributed by atoms with Crippen molar-refractivity contribution in [2.45, 2.75) is 6.92 Å². The first kappa shape index (κ1) is 14.9. The number of benzene rings is 2. The van der Waals surface area contributed by atoms with Gasteiger partial charge in [-0.25, -0.2) is 9.03 Å². The summed E-state index contributed by atoms with van der Waals surface area (Å²) in [5, 5.41) is 9.92. The van der Waals surface area contributed by atoms with E-state index in [0.717, 1.165) is 11.2 Å². The SMILES string of the molecule is CC(=O)NS(=O)(=O)N(c1ccccc1)c1ccccc1O. The zero-order valence-corrected chi connectivity index (χ0v) is 12.0. The number of carbonyl (C=O) groups is 1. The van der Waals surface area contributed by atoms with E-state index in [9.17, 15) is 18.3 Å². The van der Waals surface area contributed by atoms with Gasteiger partial charge in [-0.05, 0) is 24.3 Å². The molecule has 2 N–H and O–H groups in total. The number of amides is 1. The number of phenols is 1. The molecule has 21 heavy (non-hydrogen) atoms. The topological polar surface area (TPSA) is 86.7 Å². The first-order valence-electron chi connectivity index (χ1n) is 6.08. The number of aromatic hydroxyl groups is 1. The van der Waals surface area contributed by atoms with Crippen molar-refractivity contribution < 1.29 is 18.3 Å². The maximum absolute atomic E-state index is 12.4. The second kappa shape index (κ2) is 5.84. The fourth-order valence-electron chi connectivity index (χ4n) is 1.83. The summed E-state index contributed by atoms with van der Waals surface area (Å²) in [6.45, 7) is 1.10. The highest BCUT2D eigenvalue weighted by molar-refractivity contribution is 7.91. The molecule has 0 heterocycles. The van der Waals surface area contributed by atoms with Gasteiger partial charge in [0.1, 0.15) is 11.4 Å². The van der Waals surface area contributed by atoms with Gasteiger partial charge in [0.15, 0.2) is 0 Å². The van der Waals surface area contributed by atoms with E-state index in [0.29, 0.717) is 5.69 Å². The summed E-state index contributed by atoms with van der Waals surface area (Å²) in [5.74, 6) is -0.929. The molecule has 0 aliphatic rings. The van der Waals surface area contributed by atoms with Crippen molar-refractivity contribution >= 4 is 27.5 Å². The second-order valence-electron chi connectivity index (χ2n) is 4.25. The van der Waals surface area contributed by atoms with E-state index < -0.39 is 16.1 Å². The van der Waals surface area contributed by atoms with Crippen LogP contribution in [-0.2, 0) is 15.0 Å². The molecule has 2 rings (SSSR count). The Bertz CT molecular complexity index is 745. The van der Waals surface area contributed by atoms with Crippen molar-refractivity contribution in [3.8, 4) is 5.75 Å². The quantitative estimate of drug-likeness (QED) is 0.903. The van der Waals surface area contributed by atoms with E-state index in [1.54, 1.807) is 42.5 Å². The summed E-state index contributed by atoms with van der Waals surface area (Å²) in [6.07, 6.45) is 0. The van der Waals surface area contributed by atoms with Crippen molar-refractivity contribution in [1.29, 1.82) is 0 Å². The number of para-hydroxylation sites is 3. The Morgan fingerprint density at radius 1 is 1.05 bits per heavy atom. The third-order valence-corrected chi connectivity index (χ3v) is 4.04. The van der Waals surface area contributed by atoms with Gasteiger partial charge in [-0.1, -0.05) is 30.3 Å². The molecule has 0 saturated heterocycles. The maximum atomic E-state index is 12.4. The van der Waals surface area contributed by atoms with Crippen LogP contribution in [0.15, 0.2) is 54.6 Å². The number of nitrogens with one attached hydrogen (secondary N) is 1. The third-order valence-electron chi connectivity index (χ3n) is 2.60. The highest BCUT2D eigenvalue weighted by Crippen LogP contribution is 2.34. The van der Waals surface area contributed by atoms with Crippen molar-refractivity contribution in [2.24, 2.45) is 0 Å². The van der Waals surface area contributed by atoms with Crippen LogP contribution in [-0.4, -0.2) is 19.4 Å². The van der Waals surface area contributed by atoms with Crippen LogP contribution in [0, 0.1) is 0 Å². The van der Waals surface area contributed by atoms with Crippen molar-refractivity contribution in [1.82, 2.24) is 4.72 Å². The molecular formula is C14H14N2O4S. The lowest BCUT2D eigenvalue weighted by atomic mass is 10.2. The largest absolute Gasteiger partial charge is 0.506 e. The Kier molecular flexibility index (Phi) is 4.13. The molecule has 0 spiro atoms. The molecule has 2 aromatic rings. The predicted molar refractivity (Wildman–Crippen MR) is 79.4 cm³/mol. The summed E-state index contributed by atoms with van der Waals surface area (Å²) in [4.78, 5) is 11.1. The number of rotatable bonds is 4. The average molecular weight is 306 g/mol. The molecule has 1 amide bonds. The van der Waals surface area contributed by atoms with Gasteiger partial charge in [-0.15, -0.1) is 0 Å². The van der Waals surface area contributed by atoms with E-state index in [4.69, 9.17) is 0 Å². The molecule has 2 aromatic carbocycles. The zero-order chi connectivity index (χ0) is 15.5. The lowest BCUT2D eigenvalue weighted by Gasteiger charge is -2.24. The third kappa shape index (κ3) is 3.32. The Morgan fingerprint density at radius 2 is 1.62 bits per heavy atom. The number of phenolic OH excluding ortho intramolecular Hbond substituents is 1. The number of nitrogens with zero attached hydrogens (tertiary/aromatic N) is 1. The maximum Gasteiger partial charge on any atom is 0.330 e. The summed E-state index contributed by atoms with van der Waals surface area (Å²) < 4.78 is 27.5. The van der Waals surface area contributed by atoms with Gasteiger partial charge in [0.2, 0.25) is 5.91 Å². The van der Waals surface area contributed by atoms with Crippen LogP contribution in [0.5, 0.6) is 5.75 Å². The van der Waals surface area contributed by atoms with Gasteiger partial charge in [-0.2, -0.15) is 8.42 Å². The molecule has 0 aliphatic heterocycles. The van der Waals surface area contributed by atoms with Gasteiger partial charge in [0.05, 0.1) is 5.69 Å². The zero-order valence-electron chi connectivity index (χ0n) is 11.2. The molecule has 0 atom stereocenters. The Hall–Kier alpha value is -2.54. The van der Waals surface area contributed by atoms with Gasteiger partial charge in [0, 0.05) is 6.92 Å². The predicted octanol–water partition coefficient (Wildman–Crippen LogP) is 1.91. The van der Waals surface area contributed by atoms with Gasteiger partial charge in [-0.3, -0.25) is 4.79 Å². The van der Waals surface area contributed by atoms with Crippen LogP contribution in [0.1, 0.15) is 6.92 Å². The molecule has 0 radical (unpaired) electrons. The average Bonchev–Trinajstić information content (AvgIpc) is 2.41. The van der Waals surface area contributed by atoms with Gasteiger partial charge < -0.3 is 5.11 Å². The highest BCUT2D eigenvalue weighted by atomic mass is 32.2. The fraction of sp³-hybridized carbons (Fsp3) is 0.0714. The van der Waals surface area contributed by atoms with Gasteiger partial charge >= 0.3 is 10.2 Å². The number of hydrogen-bond donors (Lipinski definition) is 2. The van der Waals surface area contributed by atoms with E-state index >= 15 is 0 Å². The standard InChI is InChI=1S/C14H14N2O4S/c1-11(17)15-21(19,20)16(12-7-3-2-4-8-12)13-9-5-6-10-14(13)18/h2-10,18H,1H3,(H,15,17). The Balaban J connectivity index is 2.62. The van der Waals surface area contributed by atoms with Crippen LogP contribution in [0.2, 0.25) is 0 Å². The summed E-state index contributed by atoms with van der Waals surface area (Å²) in [5.41, 5.74) is 0.352. The number of hydrogen-bond acceptors (Lipinski definition) is 4. The van der Waals surface area contributed by atoms with Crippen LogP contribution in [0.3, 0.4) is 0 Å². The van der Waals surface area contributed by atoms with Crippen LogP contribution >= 0.6 is 0 Å². The van der Waals surface area contributed by atoms with E-state index in [1.165, 1.54) is 12.1 Å². The minimum Gasteiger partial charge on any atom is -0.506 e. The normalized spacial score (nSPS) is 10.9. The molecule has 110 valence electrons. The first-order valence-corrected chi connectivity index (χ1v) is 7.52. The molecule has 6 nitrogen and oxygen atoms in total. The van der Waals surface area contributed by atoms with Crippen LogP contribution < -0.4 is 9.03 Å². The molecule has 0 bridgehead atoms. The van der Waals surface area contributed by atoms with Crippen LogP contribution in [0.4, 0.5) is 11.4 Å². The summed E-state index contributed by atoms with van der Waals surface area (Å²) >= 11 is 0. The highest BCUT2D eigenvalue weighted by Gasteiger charge is 2.27. The number of carbonyl (C=O) groups excluding carboxylic acids is 1.